The lowest BCUT2D eigenvalue weighted by atomic mass is 10.3. The predicted molar refractivity (Wildman–Crippen MR) is 80.8 cm³/mol. The second-order valence-electron chi connectivity index (χ2n) is 3.99. The van der Waals surface area contributed by atoms with Crippen molar-refractivity contribution in [3.05, 3.63) is 30.6 Å². The first-order valence-electron chi connectivity index (χ1n) is 6.33. The van der Waals surface area contributed by atoms with Crippen LogP contribution in [0.5, 0.6) is 0 Å². The quantitative estimate of drug-likeness (QED) is 0.557. The van der Waals surface area contributed by atoms with Gasteiger partial charge in [0.05, 0.1) is 0 Å². The van der Waals surface area contributed by atoms with E-state index < -0.39 is 0 Å². The Morgan fingerprint density at radius 2 is 1.89 bits per heavy atom. The van der Waals surface area contributed by atoms with E-state index in [4.69, 9.17) is 11.6 Å². The molecule has 0 spiro atoms. The van der Waals surface area contributed by atoms with Gasteiger partial charge in [0.25, 0.3) is 0 Å². The molecule has 19 heavy (non-hydrogen) atoms. The van der Waals surface area contributed by atoms with Gasteiger partial charge >= 0.3 is 0 Å². The zero-order chi connectivity index (χ0) is 14.1. The number of unbranched alkanes of at least 4 members (excludes halogenated alkanes) is 1. The molecule has 6 heteroatoms. The topological polar surface area (TPSA) is 53.9 Å². The van der Waals surface area contributed by atoms with Gasteiger partial charge in [-0.3, -0.25) is 0 Å². The molecular formula is C13H20ClN5. The molecule has 0 unspecified atom stereocenters. The molecule has 0 aliphatic carbocycles. The molecule has 1 heterocycles. The highest BCUT2D eigenvalue weighted by atomic mass is 35.5. The summed E-state index contributed by atoms with van der Waals surface area (Å²) >= 11 is 5.93. The van der Waals surface area contributed by atoms with Gasteiger partial charge < -0.3 is 10.2 Å². The molecule has 0 aliphatic heterocycles. The Hall–Kier alpha value is -1.62. The van der Waals surface area contributed by atoms with E-state index in [-0.39, 0.29) is 5.28 Å². The largest absolute Gasteiger partial charge is 0.354 e. The van der Waals surface area contributed by atoms with Gasteiger partial charge in [-0.15, -0.1) is 13.2 Å². The first-order chi connectivity index (χ1) is 9.21. The van der Waals surface area contributed by atoms with Crippen molar-refractivity contribution in [2.75, 3.05) is 29.9 Å². The van der Waals surface area contributed by atoms with Gasteiger partial charge in [0.2, 0.25) is 17.2 Å². The summed E-state index contributed by atoms with van der Waals surface area (Å²) in [6, 6.07) is 0. The lowest BCUT2D eigenvalue weighted by Gasteiger charge is -2.19. The Kier molecular flexibility index (Phi) is 6.89. The molecule has 1 aromatic heterocycles. The molecular weight excluding hydrogens is 262 g/mol. The molecule has 5 nitrogen and oxygen atoms in total. The average molecular weight is 282 g/mol. The van der Waals surface area contributed by atoms with Crippen LogP contribution in [0.25, 0.3) is 0 Å². The summed E-state index contributed by atoms with van der Waals surface area (Å²) in [5.74, 6) is 1.03. The molecule has 0 aliphatic rings. The third-order valence-electron chi connectivity index (χ3n) is 2.39. The van der Waals surface area contributed by atoms with E-state index >= 15 is 0 Å². The number of nitrogens with zero attached hydrogens (tertiary/aromatic N) is 4. The van der Waals surface area contributed by atoms with Crippen LogP contribution in [0.1, 0.15) is 19.8 Å². The minimum atomic E-state index is 0.183. The number of hydrogen-bond donors (Lipinski definition) is 1. The minimum Gasteiger partial charge on any atom is -0.354 e. The molecule has 0 saturated carbocycles. The molecule has 0 radical (unpaired) electrons. The number of nitrogens with one attached hydrogen (secondary N) is 1. The van der Waals surface area contributed by atoms with Crippen molar-refractivity contribution < 1.29 is 0 Å². The summed E-state index contributed by atoms with van der Waals surface area (Å²) in [5, 5.41) is 3.32. The molecule has 1 aromatic rings. The zero-order valence-electron chi connectivity index (χ0n) is 11.3. The van der Waals surface area contributed by atoms with Crippen molar-refractivity contribution in [2.45, 2.75) is 19.8 Å². The summed E-state index contributed by atoms with van der Waals surface area (Å²) in [7, 11) is 0. The molecule has 0 fully saturated rings. The van der Waals surface area contributed by atoms with E-state index in [0.717, 1.165) is 19.4 Å². The van der Waals surface area contributed by atoms with Crippen molar-refractivity contribution >= 4 is 23.5 Å². The molecule has 0 aromatic carbocycles. The summed E-state index contributed by atoms with van der Waals surface area (Å²) < 4.78 is 0. The van der Waals surface area contributed by atoms with Crippen LogP contribution in [-0.4, -0.2) is 34.6 Å². The normalized spacial score (nSPS) is 10.0. The predicted octanol–water partition coefficient (Wildman–Crippen LogP) is 2.92. The number of anilines is 2. The smallest absolute Gasteiger partial charge is 0.232 e. The molecule has 1 N–H and O–H groups in total. The summed E-state index contributed by atoms with van der Waals surface area (Å²) in [4.78, 5) is 14.5. The molecule has 0 bridgehead atoms. The van der Waals surface area contributed by atoms with E-state index in [0.29, 0.717) is 25.0 Å². The van der Waals surface area contributed by atoms with E-state index in [1.807, 2.05) is 4.90 Å². The van der Waals surface area contributed by atoms with E-state index in [1.165, 1.54) is 0 Å². The second kappa shape index (κ2) is 8.48. The standard InChI is InChI=1S/C13H20ClN5/c1-4-7-8-15-12-16-11(14)17-13(18-12)19(9-5-2)10-6-3/h5-6H,2-4,7-10H2,1H3,(H,15,16,17,18). The Labute approximate surface area is 119 Å². The maximum absolute atomic E-state index is 5.93. The third-order valence-corrected chi connectivity index (χ3v) is 2.56. The van der Waals surface area contributed by atoms with E-state index in [1.54, 1.807) is 12.2 Å². The highest BCUT2D eigenvalue weighted by Gasteiger charge is 2.10. The fraction of sp³-hybridized carbons (Fsp3) is 0.462. The summed E-state index contributed by atoms with van der Waals surface area (Å²) in [6.07, 6.45) is 5.73. The number of rotatable bonds is 9. The van der Waals surface area contributed by atoms with Crippen LogP contribution in [0.4, 0.5) is 11.9 Å². The maximum Gasteiger partial charge on any atom is 0.232 e. The van der Waals surface area contributed by atoms with E-state index in [2.05, 4.69) is 40.4 Å². The van der Waals surface area contributed by atoms with Gasteiger partial charge in [-0.05, 0) is 18.0 Å². The zero-order valence-corrected chi connectivity index (χ0v) is 12.0. The summed E-state index contributed by atoms with van der Waals surface area (Å²) in [5.41, 5.74) is 0. The molecule has 0 amide bonds. The molecule has 1 rings (SSSR count). The second-order valence-corrected chi connectivity index (χ2v) is 4.33. The first-order valence-corrected chi connectivity index (χ1v) is 6.71. The van der Waals surface area contributed by atoms with Gasteiger partial charge in [-0.2, -0.15) is 15.0 Å². The third kappa shape index (κ3) is 5.26. The van der Waals surface area contributed by atoms with Crippen LogP contribution in [0.2, 0.25) is 5.28 Å². The van der Waals surface area contributed by atoms with Crippen LogP contribution in [0.3, 0.4) is 0 Å². The Morgan fingerprint density at radius 3 is 2.47 bits per heavy atom. The van der Waals surface area contributed by atoms with Crippen molar-refractivity contribution in [3.63, 3.8) is 0 Å². The van der Waals surface area contributed by atoms with Gasteiger partial charge in [0.1, 0.15) is 0 Å². The fourth-order valence-corrected chi connectivity index (χ4v) is 1.64. The van der Waals surface area contributed by atoms with Crippen LogP contribution >= 0.6 is 11.6 Å². The Morgan fingerprint density at radius 1 is 1.21 bits per heavy atom. The van der Waals surface area contributed by atoms with Crippen LogP contribution in [0.15, 0.2) is 25.3 Å². The van der Waals surface area contributed by atoms with Crippen molar-refractivity contribution in [1.29, 1.82) is 0 Å². The van der Waals surface area contributed by atoms with Crippen molar-refractivity contribution in [1.82, 2.24) is 15.0 Å². The highest BCUT2D eigenvalue weighted by Crippen LogP contribution is 2.14. The maximum atomic E-state index is 5.93. The van der Waals surface area contributed by atoms with Gasteiger partial charge in [0, 0.05) is 19.6 Å². The van der Waals surface area contributed by atoms with Crippen molar-refractivity contribution in [2.24, 2.45) is 0 Å². The first kappa shape index (κ1) is 15.4. The van der Waals surface area contributed by atoms with E-state index in [9.17, 15) is 0 Å². The monoisotopic (exact) mass is 281 g/mol. The van der Waals surface area contributed by atoms with Gasteiger partial charge in [0.15, 0.2) is 0 Å². The lowest BCUT2D eigenvalue weighted by molar-refractivity contribution is 0.817. The SMILES string of the molecule is C=CCN(CC=C)c1nc(Cl)nc(NCCCC)n1. The summed E-state index contributed by atoms with van der Waals surface area (Å²) in [6.45, 7) is 11.6. The minimum absolute atomic E-state index is 0.183. The Balaban J connectivity index is 2.86. The number of hydrogen-bond acceptors (Lipinski definition) is 5. The molecule has 0 saturated heterocycles. The number of aromatic nitrogens is 3. The molecule has 0 atom stereocenters. The lowest BCUT2D eigenvalue weighted by Crippen LogP contribution is -2.26. The Bertz CT molecular complexity index is 411. The fourth-order valence-electron chi connectivity index (χ4n) is 1.49. The van der Waals surface area contributed by atoms with Crippen LogP contribution < -0.4 is 10.2 Å². The van der Waals surface area contributed by atoms with Crippen LogP contribution in [0, 0.1) is 0 Å². The van der Waals surface area contributed by atoms with Crippen LogP contribution in [-0.2, 0) is 0 Å². The number of halogens is 1. The van der Waals surface area contributed by atoms with Gasteiger partial charge in [-0.25, -0.2) is 0 Å². The highest BCUT2D eigenvalue weighted by molar-refractivity contribution is 6.28. The molecule has 104 valence electrons. The van der Waals surface area contributed by atoms with Crippen molar-refractivity contribution in [3.8, 4) is 0 Å². The van der Waals surface area contributed by atoms with Gasteiger partial charge in [-0.1, -0.05) is 25.5 Å². The average Bonchev–Trinajstić information content (AvgIpc) is 2.38.